The molecule has 0 aliphatic carbocycles. The fraction of sp³-hybridized carbons (Fsp3) is 0.312. The van der Waals surface area contributed by atoms with Crippen LogP contribution in [0.1, 0.15) is 36.8 Å². The Kier molecular flexibility index (Phi) is 5.00. The van der Waals surface area contributed by atoms with E-state index in [4.69, 9.17) is 21.5 Å². The molecule has 7 heteroatoms. The third-order valence-electron chi connectivity index (χ3n) is 3.09. The van der Waals surface area contributed by atoms with Crippen LogP contribution in [0.25, 0.3) is 0 Å². The van der Waals surface area contributed by atoms with Crippen LogP contribution in [0.5, 0.6) is 5.75 Å². The molecule has 0 atom stereocenters. The molecule has 0 radical (unpaired) electrons. The highest BCUT2D eigenvalue weighted by molar-refractivity contribution is 7.80. The lowest BCUT2D eigenvalue weighted by Crippen LogP contribution is -2.33. The third-order valence-corrected chi connectivity index (χ3v) is 3.30. The lowest BCUT2D eigenvalue weighted by molar-refractivity contribution is 0.0977. The lowest BCUT2D eigenvalue weighted by Gasteiger charge is -2.12. The van der Waals surface area contributed by atoms with E-state index in [1.165, 1.54) is 0 Å². The van der Waals surface area contributed by atoms with E-state index < -0.39 is 0 Å². The van der Waals surface area contributed by atoms with Crippen molar-refractivity contribution < 1.29 is 14.1 Å². The molecule has 1 amide bonds. The highest BCUT2D eigenvalue weighted by Gasteiger charge is 2.19. The predicted molar refractivity (Wildman–Crippen MR) is 91.9 cm³/mol. The van der Waals surface area contributed by atoms with Crippen LogP contribution in [0.15, 0.2) is 34.9 Å². The van der Waals surface area contributed by atoms with Crippen molar-refractivity contribution in [2.24, 2.45) is 0 Å². The molecular weight excluding hydrogens is 314 g/mol. The minimum atomic E-state index is -0.319. The van der Waals surface area contributed by atoms with E-state index >= 15 is 0 Å². The number of amides is 1. The van der Waals surface area contributed by atoms with Crippen molar-refractivity contribution in [3.63, 3.8) is 0 Å². The Hall–Kier alpha value is -2.41. The highest BCUT2D eigenvalue weighted by Crippen LogP contribution is 2.23. The molecule has 0 aliphatic heterocycles. The van der Waals surface area contributed by atoms with Gasteiger partial charge in [0.25, 0.3) is 5.91 Å². The van der Waals surface area contributed by atoms with Crippen molar-refractivity contribution in [1.82, 2.24) is 10.5 Å². The summed E-state index contributed by atoms with van der Waals surface area (Å²) in [4.78, 5) is 12.1. The van der Waals surface area contributed by atoms with Gasteiger partial charge in [0.15, 0.2) is 5.11 Å². The van der Waals surface area contributed by atoms with Gasteiger partial charge in [-0.3, -0.25) is 10.1 Å². The average molecular weight is 333 g/mol. The van der Waals surface area contributed by atoms with E-state index in [0.29, 0.717) is 17.2 Å². The topological polar surface area (TPSA) is 76.4 Å². The summed E-state index contributed by atoms with van der Waals surface area (Å²) in [5.74, 6) is 0.745. The van der Waals surface area contributed by atoms with E-state index in [-0.39, 0.29) is 16.4 Å². The molecular formula is C16H19N3O3S. The van der Waals surface area contributed by atoms with Gasteiger partial charge in [0.1, 0.15) is 5.75 Å². The van der Waals surface area contributed by atoms with Crippen LogP contribution in [-0.4, -0.2) is 23.3 Å². The number of rotatable bonds is 3. The summed E-state index contributed by atoms with van der Waals surface area (Å²) in [6.07, 6.45) is 0. The van der Waals surface area contributed by atoms with Gasteiger partial charge in [-0.05, 0) is 36.5 Å². The summed E-state index contributed by atoms with van der Waals surface area (Å²) in [6, 6.07) is 8.48. The van der Waals surface area contributed by atoms with Crippen LogP contribution in [0, 0.1) is 0 Å². The third kappa shape index (κ3) is 4.53. The molecule has 23 heavy (non-hydrogen) atoms. The van der Waals surface area contributed by atoms with E-state index in [1.807, 2.05) is 20.8 Å². The van der Waals surface area contributed by atoms with Crippen molar-refractivity contribution >= 4 is 29.1 Å². The van der Waals surface area contributed by atoms with Crippen molar-refractivity contribution in [2.75, 3.05) is 12.4 Å². The molecule has 2 rings (SSSR count). The lowest BCUT2D eigenvalue weighted by atomic mass is 9.92. The zero-order valence-electron chi connectivity index (χ0n) is 13.5. The number of carbonyl (C=O) groups is 1. The van der Waals surface area contributed by atoms with Crippen LogP contribution in [0.2, 0.25) is 0 Å². The predicted octanol–water partition coefficient (Wildman–Crippen LogP) is 3.11. The Bertz CT molecular complexity index is 702. The molecule has 0 aliphatic rings. The molecule has 122 valence electrons. The molecule has 6 nitrogen and oxygen atoms in total. The fourth-order valence-corrected chi connectivity index (χ4v) is 1.94. The minimum Gasteiger partial charge on any atom is -0.497 e. The Morgan fingerprint density at radius 1 is 1.26 bits per heavy atom. The number of nitrogens with one attached hydrogen (secondary N) is 2. The highest BCUT2D eigenvalue weighted by atomic mass is 32.1. The van der Waals surface area contributed by atoms with Gasteiger partial charge in [-0.1, -0.05) is 25.9 Å². The van der Waals surface area contributed by atoms with Gasteiger partial charge in [0.2, 0.25) is 5.88 Å². The van der Waals surface area contributed by atoms with Gasteiger partial charge in [-0.2, -0.15) is 0 Å². The fourth-order valence-electron chi connectivity index (χ4n) is 1.75. The monoisotopic (exact) mass is 333 g/mol. The van der Waals surface area contributed by atoms with E-state index in [0.717, 1.165) is 5.69 Å². The quantitative estimate of drug-likeness (QED) is 0.841. The summed E-state index contributed by atoms with van der Waals surface area (Å²) in [7, 11) is 1.57. The second kappa shape index (κ2) is 6.78. The second-order valence-corrected chi connectivity index (χ2v) is 6.37. The number of thiocarbonyl (C=S) groups is 1. The maximum Gasteiger partial charge on any atom is 0.257 e. The SMILES string of the molecule is COc1ccc(C(=O)NC(=S)Nc2cc(C(C)(C)C)no2)cc1. The maximum absolute atomic E-state index is 12.1. The van der Waals surface area contributed by atoms with Crippen LogP contribution in [0.3, 0.4) is 0 Å². The number of methoxy groups -OCH3 is 1. The van der Waals surface area contributed by atoms with Gasteiger partial charge in [0, 0.05) is 17.0 Å². The van der Waals surface area contributed by atoms with Crippen LogP contribution in [0.4, 0.5) is 5.88 Å². The number of ether oxygens (including phenoxy) is 1. The smallest absolute Gasteiger partial charge is 0.257 e. The molecule has 2 N–H and O–H groups in total. The zero-order chi connectivity index (χ0) is 17.0. The van der Waals surface area contributed by atoms with Gasteiger partial charge in [-0.15, -0.1) is 0 Å². The molecule has 0 unspecified atom stereocenters. The number of anilines is 1. The summed E-state index contributed by atoms with van der Waals surface area (Å²) in [6.45, 7) is 6.08. The first-order valence-electron chi connectivity index (χ1n) is 7.03. The van der Waals surface area contributed by atoms with Crippen molar-refractivity contribution in [3.05, 3.63) is 41.6 Å². The molecule has 0 fully saturated rings. The molecule has 2 aromatic rings. The van der Waals surface area contributed by atoms with Gasteiger partial charge >= 0.3 is 0 Å². The van der Waals surface area contributed by atoms with E-state index in [2.05, 4.69) is 15.8 Å². The zero-order valence-corrected chi connectivity index (χ0v) is 14.3. The summed E-state index contributed by atoms with van der Waals surface area (Å²) >= 11 is 5.11. The molecule has 1 aromatic heterocycles. The molecule has 0 saturated carbocycles. The Morgan fingerprint density at radius 3 is 2.43 bits per heavy atom. The number of nitrogens with zero attached hydrogens (tertiary/aromatic N) is 1. The molecule has 0 spiro atoms. The molecule has 1 aromatic carbocycles. The number of hydrogen-bond acceptors (Lipinski definition) is 5. The molecule has 0 bridgehead atoms. The van der Waals surface area contributed by atoms with Crippen LogP contribution in [-0.2, 0) is 5.41 Å². The Morgan fingerprint density at radius 2 is 1.91 bits per heavy atom. The number of benzene rings is 1. The van der Waals surface area contributed by atoms with Crippen molar-refractivity contribution in [1.29, 1.82) is 0 Å². The largest absolute Gasteiger partial charge is 0.497 e. The molecule has 1 heterocycles. The molecule has 0 saturated heterocycles. The van der Waals surface area contributed by atoms with Crippen molar-refractivity contribution in [2.45, 2.75) is 26.2 Å². The number of hydrogen-bond donors (Lipinski definition) is 2. The van der Waals surface area contributed by atoms with Crippen LogP contribution >= 0.6 is 12.2 Å². The van der Waals surface area contributed by atoms with Crippen molar-refractivity contribution in [3.8, 4) is 5.75 Å². The summed E-state index contributed by atoms with van der Waals surface area (Å²) in [5, 5.41) is 9.50. The summed E-state index contributed by atoms with van der Waals surface area (Å²) < 4.78 is 10.2. The van der Waals surface area contributed by atoms with Crippen LogP contribution < -0.4 is 15.4 Å². The van der Waals surface area contributed by atoms with E-state index in [1.54, 1.807) is 37.4 Å². The van der Waals surface area contributed by atoms with E-state index in [9.17, 15) is 4.79 Å². The Balaban J connectivity index is 1.96. The standard InChI is InChI=1S/C16H19N3O3S/c1-16(2,3)12-9-13(22-19-12)17-15(23)18-14(20)10-5-7-11(21-4)8-6-10/h5-9H,1-4H3,(H2,17,18,20,23). The van der Waals surface area contributed by atoms with Gasteiger partial charge in [0.05, 0.1) is 12.8 Å². The minimum absolute atomic E-state index is 0.128. The second-order valence-electron chi connectivity index (χ2n) is 5.96. The number of carbonyl (C=O) groups excluding carboxylic acids is 1. The summed E-state index contributed by atoms with van der Waals surface area (Å²) in [5.41, 5.74) is 1.14. The maximum atomic E-state index is 12.1. The Labute approximate surface area is 140 Å². The first-order valence-corrected chi connectivity index (χ1v) is 7.44. The van der Waals surface area contributed by atoms with Gasteiger partial charge in [-0.25, -0.2) is 0 Å². The first kappa shape index (κ1) is 17.0. The normalized spacial score (nSPS) is 11.0. The number of aromatic nitrogens is 1. The van der Waals surface area contributed by atoms with Gasteiger partial charge < -0.3 is 14.6 Å². The average Bonchev–Trinajstić information content (AvgIpc) is 2.95. The first-order chi connectivity index (χ1) is 10.8.